The van der Waals surface area contributed by atoms with E-state index in [1.54, 1.807) is 6.92 Å². The van der Waals surface area contributed by atoms with Crippen molar-refractivity contribution in [1.82, 2.24) is 5.32 Å². The number of alkyl halides is 3. The van der Waals surface area contributed by atoms with Crippen LogP contribution < -0.4 is 5.32 Å². The molecule has 2 nitrogen and oxygen atoms in total. The monoisotopic (exact) mass is 219 g/mol. The van der Waals surface area contributed by atoms with Gasteiger partial charge in [-0.1, -0.05) is 0 Å². The van der Waals surface area contributed by atoms with Gasteiger partial charge in [-0.3, -0.25) is 0 Å². The summed E-state index contributed by atoms with van der Waals surface area (Å²) in [6, 6.07) is 0. The summed E-state index contributed by atoms with van der Waals surface area (Å²) in [6.45, 7) is 1.93. The highest BCUT2D eigenvalue weighted by atomic mass is 35.5. The number of rotatable bonds is 2. The van der Waals surface area contributed by atoms with Crippen molar-refractivity contribution in [3.05, 3.63) is 0 Å². The second kappa shape index (κ2) is 4.48. The van der Waals surface area contributed by atoms with Gasteiger partial charge >= 0.3 is 6.18 Å². The van der Waals surface area contributed by atoms with E-state index in [1.807, 2.05) is 0 Å². The molecule has 1 atom stereocenters. The molecule has 0 radical (unpaired) electrons. The molecule has 0 aromatic carbocycles. The summed E-state index contributed by atoms with van der Waals surface area (Å²) in [4.78, 5) is 0. The molecule has 1 fully saturated rings. The van der Waals surface area contributed by atoms with E-state index >= 15 is 0 Å². The summed E-state index contributed by atoms with van der Waals surface area (Å²) >= 11 is 0. The van der Waals surface area contributed by atoms with Crippen LogP contribution in [0.4, 0.5) is 13.2 Å². The fourth-order valence-corrected chi connectivity index (χ4v) is 1.39. The molecule has 1 N–H and O–H groups in total. The third-order valence-corrected chi connectivity index (χ3v) is 2.05. The van der Waals surface area contributed by atoms with E-state index in [0.29, 0.717) is 6.54 Å². The fraction of sp³-hybridized carbons (Fsp3) is 1.00. The van der Waals surface area contributed by atoms with Gasteiger partial charge in [-0.15, -0.1) is 12.4 Å². The third-order valence-electron chi connectivity index (χ3n) is 2.05. The Morgan fingerprint density at radius 3 is 2.38 bits per heavy atom. The molecule has 1 unspecified atom stereocenters. The van der Waals surface area contributed by atoms with E-state index in [1.165, 1.54) is 0 Å². The van der Waals surface area contributed by atoms with E-state index in [2.05, 4.69) is 5.32 Å². The topological polar surface area (TPSA) is 21.3 Å². The fourth-order valence-electron chi connectivity index (χ4n) is 1.39. The Balaban J connectivity index is 0.00000144. The van der Waals surface area contributed by atoms with Crippen LogP contribution in [0.5, 0.6) is 0 Å². The Morgan fingerprint density at radius 1 is 1.46 bits per heavy atom. The van der Waals surface area contributed by atoms with Crippen molar-refractivity contribution in [2.24, 2.45) is 0 Å². The second-order valence-electron chi connectivity index (χ2n) is 2.85. The van der Waals surface area contributed by atoms with E-state index in [9.17, 15) is 13.2 Å². The van der Waals surface area contributed by atoms with Gasteiger partial charge in [0.05, 0.1) is 0 Å². The standard InChI is InChI=1S/C7H12F3NO.ClH/c1-2-12-6(7(8,9)10)3-4-11-5-6;/h11H,2-5H2,1H3;1H. The van der Waals surface area contributed by atoms with Gasteiger partial charge < -0.3 is 10.1 Å². The van der Waals surface area contributed by atoms with E-state index < -0.39 is 11.8 Å². The average molecular weight is 220 g/mol. The first kappa shape index (κ1) is 13.0. The summed E-state index contributed by atoms with van der Waals surface area (Å²) in [5.74, 6) is 0. The Morgan fingerprint density at radius 2 is 2.08 bits per heavy atom. The lowest BCUT2D eigenvalue weighted by molar-refractivity contribution is -0.268. The van der Waals surface area contributed by atoms with Crippen molar-refractivity contribution < 1.29 is 17.9 Å². The Kier molecular flexibility index (Phi) is 4.48. The number of hydrogen-bond donors (Lipinski definition) is 1. The van der Waals surface area contributed by atoms with Gasteiger partial charge in [0.2, 0.25) is 0 Å². The molecule has 0 spiro atoms. The smallest absolute Gasteiger partial charge is 0.364 e. The minimum absolute atomic E-state index is 0. The first-order chi connectivity index (χ1) is 5.52. The Hall–Kier alpha value is 0. The minimum Gasteiger partial charge on any atom is -0.364 e. The summed E-state index contributed by atoms with van der Waals surface area (Å²) < 4.78 is 42.1. The van der Waals surface area contributed by atoms with Gasteiger partial charge in [0.15, 0.2) is 5.60 Å². The number of nitrogens with one attached hydrogen (secondary N) is 1. The van der Waals surface area contributed by atoms with Crippen molar-refractivity contribution in [1.29, 1.82) is 0 Å². The van der Waals surface area contributed by atoms with E-state index in [-0.39, 0.29) is 32.0 Å². The van der Waals surface area contributed by atoms with Gasteiger partial charge in [0.25, 0.3) is 0 Å². The molecule has 0 aliphatic carbocycles. The third kappa shape index (κ3) is 2.48. The van der Waals surface area contributed by atoms with E-state index in [0.717, 1.165) is 0 Å². The first-order valence-corrected chi connectivity index (χ1v) is 3.93. The van der Waals surface area contributed by atoms with Crippen LogP contribution >= 0.6 is 12.4 Å². The van der Waals surface area contributed by atoms with Crippen molar-refractivity contribution >= 4 is 12.4 Å². The quantitative estimate of drug-likeness (QED) is 0.764. The maximum Gasteiger partial charge on any atom is 0.418 e. The van der Waals surface area contributed by atoms with Crippen LogP contribution in [0.1, 0.15) is 13.3 Å². The molecular formula is C7H13ClF3NO. The van der Waals surface area contributed by atoms with Gasteiger partial charge in [-0.05, 0) is 19.9 Å². The Labute approximate surface area is 81.2 Å². The highest BCUT2D eigenvalue weighted by molar-refractivity contribution is 5.85. The number of ether oxygens (including phenoxy) is 1. The average Bonchev–Trinajstić information content (AvgIpc) is 2.36. The molecule has 0 aromatic rings. The molecule has 0 bridgehead atoms. The van der Waals surface area contributed by atoms with Crippen LogP contribution in [0, 0.1) is 0 Å². The summed E-state index contributed by atoms with van der Waals surface area (Å²) in [5.41, 5.74) is -1.93. The Bertz CT molecular complexity index is 156. The molecule has 1 aliphatic heterocycles. The number of hydrogen-bond acceptors (Lipinski definition) is 2. The predicted molar refractivity (Wildman–Crippen MR) is 45.1 cm³/mol. The molecule has 0 saturated carbocycles. The molecule has 1 aliphatic rings. The van der Waals surface area contributed by atoms with Crippen LogP contribution in [-0.4, -0.2) is 31.5 Å². The first-order valence-electron chi connectivity index (χ1n) is 3.93. The number of halogens is 4. The molecule has 0 amide bonds. The van der Waals surface area contributed by atoms with Gasteiger partial charge in [0, 0.05) is 13.2 Å². The molecule has 1 saturated heterocycles. The van der Waals surface area contributed by atoms with Crippen LogP contribution in [0.25, 0.3) is 0 Å². The second-order valence-corrected chi connectivity index (χ2v) is 2.85. The zero-order valence-electron chi connectivity index (χ0n) is 7.28. The molecule has 80 valence electrons. The van der Waals surface area contributed by atoms with Gasteiger partial charge in [-0.25, -0.2) is 0 Å². The molecule has 13 heavy (non-hydrogen) atoms. The predicted octanol–water partition coefficient (Wildman–Crippen LogP) is 1.74. The molecular weight excluding hydrogens is 207 g/mol. The highest BCUT2D eigenvalue weighted by Gasteiger charge is 2.57. The molecule has 1 rings (SSSR count). The normalized spacial score (nSPS) is 28.6. The highest BCUT2D eigenvalue weighted by Crippen LogP contribution is 2.37. The SMILES string of the molecule is CCOC1(C(F)(F)F)CCNC1.Cl. The van der Waals surface area contributed by atoms with E-state index in [4.69, 9.17) is 4.74 Å². The lowest BCUT2D eigenvalue weighted by atomic mass is 10.0. The largest absolute Gasteiger partial charge is 0.418 e. The van der Waals surface area contributed by atoms with Crippen LogP contribution in [0.3, 0.4) is 0 Å². The molecule has 6 heteroatoms. The maximum atomic E-state index is 12.4. The van der Waals surface area contributed by atoms with Gasteiger partial charge in [-0.2, -0.15) is 13.2 Å². The lowest BCUT2D eigenvalue weighted by Gasteiger charge is -2.30. The zero-order chi connectivity index (χ0) is 9.24. The van der Waals surface area contributed by atoms with Crippen molar-refractivity contribution in [3.63, 3.8) is 0 Å². The van der Waals surface area contributed by atoms with Crippen LogP contribution in [0.2, 0.25) is 0 Å². The molecule has 1 heterocycles. The van der Waals surface area contributed by atoms with Crippen LogP contribution in [-0.2, 0) is 4.74 Å². The van der Waals surface area contributed by atoms with Gasteiger partial charge in [0.1, 0.15) is 0 Å². The summed E-state index contributed by atoms with van der Waals surface area (Å²) in [5, 5.41) is 2.66. The molecule has 0 aromatic heterocycles. The summed E-state index contributed by atoms with van der Waals surface area (Å²) in [7, 11) is 0. The zero-order valence-corrected chi connectivity index (χ0v) is 8.10. The van der Waals surface area contributed by atoms with Crippen molar-refractivity contribution in [2.45, 2.75) is 25.1 Å². The summed E-state index contributed by atoms with van der Waals surface area (Å²) in [6.07, 6.45) is -4.24. The minimum atomic E-state index is -4.26. The van der Waals surface area contributed by atoms with Crippen molar-refractivity contribution in [2.75, 3.05) is 19.7 Å². The maximum absolute atomic E-state index is 12.4. The van der Waals surface area contributed by atoms with Crippen molar-refractivity contribution in [3.8, 4) is 0 Å². The van der Waals surface area contributed by atoms with Crippen LogP contribution in [0.15, 0.2) is 0 Å². The lowest BCUT2D eigenvalue weighted by Crippen LogP contribution is -2.49.